The van der Waals surface area contributed by atoms with Gasteiger partial charge in [-0.05, 0) is 43.2 Å². The first-order chi connectivity index (χ1) is 13.4. The molecule has 1 amide bonds. The molecule has 0 bridgehead atoms. The van der Waals surface area contributed by atoms with Gasteiger partial charge in [-0.15, -0.1) is 0 Å². The summed E-state index contributed by atoms with van der Waals surface area (Å²) in [4.78, 5) is 24.2. The second kappa shape index (κ2) is 9.64. The van der Waals surface area contributed by atoms with Gasteiger partial charge in [0.05, 0.1) is 26.9 Å². The molecule has 0 aliphatic carbocycles. The SMILES string of the molecule is COc1cc(CNC(=O)COC(=O)c2cc(C)ccc2C)cc(OC)c1OC. The van der Waals surface area contributed by atoms with Gasteiger partial charge in [-0.1, -0.05) is 17.7 Å². The quantitative estimate of drug-likeness (QED) is 0.702. The summed E-state index contributed by atoms with van der Waals surface area (Å²) in [6, 6.07) is 8.98. The molecular formula is C21H25NO6. The zero-order valence-corrected chi connectivity index (χ0v) is 16.8. The highest BCUT2D eigenvalue weighted by atomic mass is 16.5. The molecule has 0 aromatic heterocycles. The largest absolute Gasteiger partial charge is 0.493 e. The molecule has 0 saturated carbocycles. The standard InChI is InChI=1S/C21H25NO6/c1-13-6-7-14(2)16(8-13)21(24)28-12-19(23)22-11-15-9-17(25-3)20(27-5)18(10-15)26-4/h6-10H,11-12H2,1-5H3,(H,22,23). The fourth-order valence-corrected chi connectivity index (χ4v) is 2.65. The van der Waals surface area contributed by atoms with E-state index >= 15 is 0 Å². The van der Waals surface area contributed by atoms with E-state index in [0.717, 1.165) is 16.7 Å². The maximum atomic E-state index is 12.2. The smallest absolute Gasteiger partial charge is 0.338 e. The van der Waals surface area contributed by atoms with Crippen LogP contribution in [-0.4, -0.2) is 39.8 Å². The average molecular weight is 387 g/mol. The molecule has 2 aromatic rings. The number of esters is 1. The molecule has 28 heavy (non-hydrogen) atoms. The third-order valence-corrected chi connectivity index (χ3v) is 4.16. The van der Waals surface area contributed by atoms with Gasteiger partial charge < -0.3 is 24.3 Å². The number of ether oxygens (including phenoxy) is 4. The summed E-state index contributed by atoms with van der Waals surface area (Å²) in [5.74, 6) is 0.527. The molecular weight excluding hydrogens is 362 g/mol. The van der Waals surface area contributed by atoms with E-state index in [1.807, 2.05) is 26.0 Å². The van der Waals surface area contributed by atoms with Gasteiger partial charge >= 0.3 is 5.97 Å². The van der Waals surface area contributed by atoms with Crippen LogP contribution in [0.1, 0.15) is 27.0 Å². The lowest BCUT2D eigenvalue weighted by molar-refractivity contribution is -0.124. The van der Waals surface area contributed by atoms with E-state index in [1.54, 1.807) is 18.2 Å². The minimum absolute atomic E-state index is 0.219. The van der Waals surface area contributed by atoms with E-state index in [-0.39, 0.29) is 13.2 Å². The highest BCUT2D eigenvalue weighted by Crippen LogP contribution is 2.38. The van der Waals surface area contributed by atoms with Crippen LogP contribution in [0.3, 0.4) is 0 Å². The molecule has 0 atom stereocenters. The normalized spacial score (nSPS) is 10.2. The number of rotatable bonds is 8. The van der Waals surface area contributed by atoms with Crippen LogP contribution in [0.2, 0.25) is 0 Å². The number of hydrogen-bond acceptors (Lipinski definition) is 6. The molecule has 1 N–H and O–H groups in total. The zero-order valence-electron chi connectivity index (χ0n) is 16.8. The minimum atomic E-state index is -0.524. The van der Waals surface area contributed by atoms with Crippen molar-refractivity contribution < 1.29 is 28.5 Å². The second-order valence-corrected chi connectivity index (χ2v) is 6.20. The van der Waals surface area contributed by atoms with Gasteiger partial charge in [0, 0.05) is 6.54 Å². The van der Waals surface area contributed by atoms with Crippen molar-refractivity contribution in [1.82, 2.24) is 5.32 Å². The van der Waals surface area contributed by atoms with E-state index < -0.39 is 11.9 Å². The minimum Gasteiger partial charge on any atom is -0.493 e. The Bertz CT molecular complexity index is 837. The Kier molecular flexibility index (Phi) is 7.26. The number of methoxy groups -OCH3 is 3. The molecule has 2 rings (SSSR count). The zero-order chi connectivity index (χ0) is 20.7. The van der Waals surface area contributed by atoms with Crippen molar-refractivity contribution >= 4 is 11.9 Å². The van der Waals surface area contributed by atoms with Crippen molar-refractivity contribution in [2.45, 2.75) is 20.4 Å². The van der Waals surface area contributed by atoms with Gasteiger partial charge in [-0.2, -0.15) is 0 Å². The number of hydrogen-bond donors (Lipinski definition) is 1. The summed E-state index contributed by atoms with van der Waals surface area (Å²) in [6.07, 6.45) is 0. The van der Waals surface area contributed by atoms with Gasteiger partial charge in [0.1, 0.15) is 0 Å². The number of amides is 1. The predicted molar refractivity (Wildman–Crippen MR) is 104 cm³/mol. The molecule has 150 valence electrons. The van der Waals surface area contributed by atoms with Crippen molar-refractivity contribution in [2.75, 3.05) is 27.9 Å². The van der Waals surface area contributed by atoms with Crippen LogP contribution in [-0.2, 0) is 16.1 Å². The third-order valence-electron chi connectivity index (χ3n) is 4.16. The fraction of sp³-hybridized carbons (Fsp3) is 0.333. The lowest BCUT2D eigenvalue weighted by Crippen LogP contribution is -2.28. The molecule has 7 heteroatoms. The monoisotopic (exact) mass is 387 g/mol. The van der Waals surface area contributed by atoms with Crippen LogP contribution < -0.4 is 19.5 Å². The van der Waals surface area contributed by atoms with Gasteiger partial charge in [0.25, 0.3) is 5.91 Å². The maximum absolute atomic E-state index is 12.2. The number of aryl methyl sites for hydroxylation is 2. The second-order valence-electron chi connectivity index (χ2n) is 6.20. The van der Waals surface area contributed by atoms with E-state index in [4.69, 9.17) is 18.9 Å². The number of nitrogens with one attached hydrogen (secondary N) is 1. The van der Waals surface area contributed by atoms with E-state index in [9.17, 15) is 9.59 Å². The Morgan fingerprint density at radius 1 is 0.929 bits per heavy atom. The van der Waals surface area contributed by atoms with Crippen LogP contribution in [0.5, 0.6) is 17.2 Å². The summed E-state index contributed by atoms with van der Waals surface area (Å²) in [5.41, 5.74) is 2.96. The van der Waals surface area contributed by atoms with Crippen LogP contribution in [0.25, 0.3) is 0 Å². The summed E-state index contributed by atoms with van der Waals surface area (Å²) < 4.78 is 21.0. The number of benzene rings is 2. The summed E-state index contributed by atoms with van der Waals surface area (Å²) in [6.45, 7) is 3.56. The molecule has 2 aromatic carbocycles. The average Bonchev–Trinajstić information content (AvgIpc) is 2.71. The Morgan fingerprint density at radius 3 is 2.14 bits per heavy atom. The first-order valence-electron chi connectivity index (χ1n) is 8.69. The Morgan fingerprint density at radius 2 is 1.57 bits per heavy atom. The lowest BCUT2D eigenvalue weighted by Gasteiger charge is -2.14. The summed E-state index contributed by atoms with van der Waals surface area (Å²) in [7, 11) is 4.56. The van der Waals surface area contributed by atoms with Crippen LogP contribution in [0.15, 0.2) is 30.3 Å². The molecule has 0 aliphatic rings. The molecule has 0 spiro atoms. The van der Waals surface area contributed by atoms with E-state index in [1.165, 1.54) is 21.3 Å². The summed E-state index contributed by atoms with van der Waals surface area (Å²) >= 11 is 0. The van der Waals surface area contributed by atoms with Crippen molar-refractivity contribution in [2.24, 2.45) is 0 Å². The first-order valence-corrected chi connectivity index (χ1v) is 8.69. The van der Waals surface area contributed by atoms with Crippen LogP contribution in [0.4, 0.5) is 0 Å². The van der Waals surface area contributed by atoms with Crippen LogP contribution in [0, 0.1) is 13.8 Å². The Labute approximate surface area is 164 Å². The van der Waals surface area contributed by atoms with Crippen molar-refractivity contribution in [3.05, 3.63) is 52.6 Å². The first kappa shape index (κ1) is 21.1. The molecule has 0 heterocycles. The lowest BCUT2D eigenvalue weighted by atomic mass is 10.1. The highest BCUT2D eigenvalue weighted by molar-refractivity contribution is 5.92. The van der Waals surface area contributed by atoms with Crippen molar-refractivity contribution in [1.29, 1.82) is 0 Å². The van der Waals surface area contributed by atoms with Crippen molar-refractivity contribution in [3.63, 3.8) is 0 Å². The fourth-order valence-electron chi connectivity index (χ4n) is 2.65. The van der Waals surface area contributed by atoms with E-state index in [0.29, 0.717) is 22.8 Å². The van der Waals surface area contributed by atoms with Gasteiger partial charge in [0.15, 0.2) is 18.1 Å². The molecule has 7 nitrogen and oxygen atoms in total. The third kappa shape index (κ3) is 5.16. The van der Waals surface area contributed by atoms with Crippen LogP contribution >= 0.6 is 0 Å². The predicted octanol–water partition coefficient (Wildman–Crippen LogP) is 2.80. The molecule has 0 unspecified atom stereocenters. The van der Waals surface area contributed by atoms with E-state index in [2.05, 4.69) is 5.32 Å². The number of carbonyl (C=O) groups excluding carboxylic acids is 2. The highest BCUT2D eigenvalue weighted by Gasteiger charge is 2.15. The van der Waals surface area contributed by atoms with Gasteiger partial charge in [-0.25, -0.2) is 4.79 Å². The summed E-state index contributed by atoms with van der Waals surface area (Å²) in [5, 5.41) is 2.70. The van der Waals surface area contributed by atoms with Gasteiger partial charge in [-0.3, -0.25) is 4.79 Å². The Balaban J connectivity index is 1.95. The molecule has 0 radical (unpaired) electrons. The topological polar surface area (TPSA) is 83.1 Å². The molecule has 0 fully saturated rings. The maximum Gasteiger partial charge on any atom is 0.338 e. The number of carbonyl (C=O) groups is 2. The molecule has 0 saturated heterocycles. The van der Waals surface area contributed by atoms with Crippen molar-refractivity contribution in [3.8, 4) is 17.2 Å². The van der Waals surface area contributed by atoms with Gasteiger partial charge in [0.2, 0.25) is 5.75 Å². The Hall–Kier alpha value is -3.22. The molecule has 0 aliphatic heterocycles.